The van der Waals surface area contributed by atoms with Crippen molar-refractivity contribution in [2.75, 3.05) is 0 Å². The van der Waals surface area contributed by atoms with Gasteiger partial charge in [-0.15, -0.1) is 6.07 Å². The first-order valence-electron chi connectivity index (χ1n) is 12.5. The number of rotatable bonds is 3. The Labute approximate surface area is 243 Å². The largest absolute Gasteiger partial charge is 2.00 e. The molecule has 1 aromatic carbocycles. The zero-order valence-corrected chi connectivity index (χ0v) is 25.0. The number of fused-ring (bicyclic) bond motifs is 2. The van der Waals surface area contributed by atoms with Gasteiger partial charge in [0.25, 0.3) is 0 Å². The number of oxazole rings is 2. The Morgan fingerprint density at radius 1 is 0.775 bits per heavy atom. The standard InChI is InChI=1S/C29H26N6O4.Pt/c1-28(2,3)16-7-8-30-23(12-16)34-19-14-20-22(15-21(19)38-26(34)36)39-27(37)35(20)24-13-17(29(4,5)6)11-18(33-24)25-31-9-10-32-25;/h7-13,15H,1-6H3;/q-2;+2. The SMILES string of the molecule is CC(C)(C)c1ccnc(-n2c(=O)oc3cc4oc(=O)n(-c5cc(C(C)(C)C)cc(-c6ncc[n-]6)n5)c4[c-]c32)c1.[Pt+2]. The van der Waals surface area contributed by atoms with Crippen LogP contribution in [0.1, 0.15) is 52.7 Å². The molecule has 0 unspecified atom stereocenters. The van der Waals surface area contributed by atoms with Gasteiger partial charge in [0.2, 0.25) is 0 Å². The van der Waals surface area contributed by atoms with Gasteiger partial charge in [0, 0.05) is 17.4 Å². The molecule has 5 aromatic heterocycles. The molecule has 0 spiro atoms. The topological polar surface area (TPSA) is 123 Å². The zero-order valence-electron chi connectivity index (χ0n) is 22.8. The molecule has 0 amide bonds. The minimum atomic E-state index is -0.649. The van der Waals surface area contributed by atoms with Gasteiger partial charge in [-0.05, 0) is 63.1 Å². The molecule has 11 heteroatoms. The van der Waals surface area contributed by atoms with Crippen molar-refractivity contribution in [1.82, 2.24) is 29.1 Å². The summed E-state index contributed by atoms with van der Waals surface area (Å²) < 4.78 is 13.7. The smallest absolute Gasteiger partial charge is 0.472 e. The third kappa shape index (κ3) is 4.66. The van der Waals surface area contributed by atoms with E-state index in [4.69, 9.17) is 13.8 Å². The minimum absolute atomic E-state index is 0. The summed E-state index contributed by atoms with van der Waals surface area (Å²) >= 11 is 0. The molecule has 0 fully saturated rings. The second-order valence-corrected chi connectivity index (χ2v) is 11.5. The Hall–Kier alpha value is -4.04. The summed E-state index contributed by atoms with van der Waals surface area (Å²) in [6.45, 7) is 12.4. The van der Waals surface area contributed by atoms with Crippen LogP contribution in [-0.4, -0.2) is 24.1 Å². The summed E-state index contributed by atoms with van der Waals surface area (Å²) in [5.74, 6) is -0.106. The number of hydrogen-bond acceptors (Lipinski definition) is 7. The van der Waals surface area contributed by atoms with Crippen LogP contribution >= 0.6 is 0 Å². The first-order chi connectivity index (χ1) is 18.4. The maximum atomic E-state index is 13.2. The Bertz CT molecular complexity index is 1980. The predicted molar refractivity (Wildman–Crippen MR) is 146 cm³/mol. The molecule has 206 valence electrons. The molecule has 0 aliphatic carbocycles. The quantitative estimate of drug-likeness (QED) is 0.242. The van der Waals surface area contributed by atoms with Gasteiger partial charge < -0.3 is 18.8 Å². The van der Waals surface area contributed by atoms with Crippen molar-refractivity contribution in [3.8, 4) is 23.2 Å². The second-order valence-electron chi connectivity index (χ2n) is 11.5. The van der Waals surface area contributed by atoms with Crippen molar-refractivity contribution in [2.24, 2.45) is 0 Å². The Morgan fingerprint density at radius 2 is 1.38 bits per heavy atom. The fourth-order valence-corrected chi connectivity index (χ4v) is 4.42. The maximum absolute atomic E-state index is 13.2. The normalized spacial score (nSPS) is 12.2. The van der Waals surface area contributed by atoms with E-state index in [1.54, 1.807) is 18.6 Å². The average molecular weight is 718 g/mol. The first-order valence-corrected chi connectivity index (χ1v) is 12.5. The first kappa shape index (κ1) is 27.5. The molecular formula is C29H26N6O4Pt. The summed E-state index contributed by atoms with van der Waals surface area (Å²) in [6, 6.07) is 12.2. The third-order valence-corrected chi connectivity index (χ3v) is 6.61. The predicted octanol–water partition coefficient (Wildman–Crippen LogP) is 4.68. The van der Waals surface area contributed by atoms with E-state index in [1.165, 1.54) is 15.2 Å². The van der Waals surface area contributed by atoms with Crippen LogP contribution < -0.4 is 16.5 Å². The third-order valence-electron chi connectivity index (χ3n) is 6.61. The van der Waals surface area contributed by atoms with Gasteiger partial charge in [0.15, 0.2) is 0 Å². The fraction of sp³-hybridized carbons (Fsp3) is 0.276. The van der Waals surface area contributed by atoms with E-state index in [1.807, 2.05) is 24.3 Å². The van der Waals surface area contributed by atoms with Gasteiger partial charge in [-0.3, -0.25) is 9.13 Å². The molecule has 0 radical (unpaired) electrons. The molecule has 0 aliphatic heterocycles. The van der Waals surface area contributed by atoms with Gasteiger partial charge in [-0.1, -0.05) is 60.0 Å². The van der Waals surface area contributed by atoms with Gasteiger partial charge in [0.1, 0.15) is 11.6 Å². The number of hydrogen-bond donors (Lipinski definition) is 0. The molecular weight excluding hydrogens is 691 g/mol. The van der Waals surface area contributed by atoms with Crippen LogP contribution in [0.2, 0.25) is 0 Å². The summed E-state index contributed by atoms with van der Waals surface area (Å²) in [5, 5.41) is 0. The van der Waals surface area contributed by atoms with Crippen LogP contribution in [-0.2, 0) is 31.9 Å². The van der Waals surface area contributed by atoms with Gasteiger partial charge >= 0.3 is 32.6 Å². The van der Waals surface area contributed by atoms with E-state index in [9.17, 15) is 9.59 Å². The minimum Gasteiger partial charge on any atom is -0.472 e. The van der Waals surface area contributed by atoms with Crippen LogP contribution in [0.15, 0.2) is 67.3 Å². The van der Waals surface area contributed by atoms with Crippen LogP contribution in [0.5, 0.6) is 0 Å². The molecule has 0 saturated carbocycles. The van der Waals surface area contributed by atoms with Gasteiger partial charge in [-0.25, -0.2) is 19.6 Å². The number of nitrogens with zero attached hydrogens (tertiary/aromatic N) is 6. The Kier molecular flexibility index (Phi) is 6.57. The maximum Gasteiger partial charge on any atom is 2.00 e. The van der Waals surface area contributed by atoms with E-state index in [-0.39, 0.29) is 43.1 Å². The molecule has 5 heterocycles. The van der Waals surface area contributed by atoms with E-state index < -0.39 is 11.5 Å². The average Bonchev–Trinajstić information content (AvgIpc) is 3.58. The number of aromatic nitrogens is 6. The number of pyridine rings is 2. The molecule has 10 nitrogen and oxygen atoms in total. The molecule has 0 saturated heterocycles. The van der Waals surface area contributed by atoms with Crippen molar-refractivity contribution < 1.29 is 29.9 Å². The molecule has 0 N–H and O–H groups in total. The Balaban J connectivity index is 0.00000323. The molecule has 40 heavy (non-hydrogen) atoms. The van der Waals surface area contributed by atoms with Crippen molar-refractivity contribution in [1.29, 1.82) is 0 Å². The van der Waals surface area contributed by atoms with Crippen LogP contribution in [0.4, 0.5) is 0 Å². The summed E-state index contributed by atoms with van der Waals surface area (Å²) in [7, 11) is 0. The van der Waals surface area contributed by atoms with Crippen molar-refractivity contribution >= 4 is 22.2 Å². The van der Waals surface area contributed by atoms with Crippen LogP contribution in [0.25, 0.3) is 45.4 Å². The number of benzene rings is 1. The molecule has 6 rings (SSSR count). The monoisotopic (exact) mass is 717 g/mol. The zero-order chi connectivity index (χ0) is 27.7. The molecule has 0 atom stereocenters. The van der Waals surface area contributed by atoms with Gasteiger partial charge in [0.05, 0.1) is 5.69 Å². The molecule has 0 bridgehead atoms. The molecule has 6 aromatic rings. The number of imidazole rings is 1. The Morgan fingerprint density at radius 3 is 1.95 bits per heavy atom. The van der Waals surface area contributed by atoms with E-state index in [0.717, 1.165) is 11.1 Å². The van der Waals surface area contributed by atoms with Crippen LogP contribution in [0, 0.1) is 6.07 Å². The van der Waals surface area contributed by atoms with Crippen molar-refractivity contribution in [3.63, 3.8) is 0 Å². The van der Waals surface area contributed by atoms with Crippen LogP contribution in [0.3, 0.4) is 0 Å². The second kappa shape index (κ2) is 9.55. The van der Waals surface area contributed by atoms with E-state index >= 15 is 0 Å². The van der Waals surface area contributed by atoms with Gasteiger partial charge in [-0.2, -0.15) is 0 Å². The summed E-state index contributed by atoms with van der Waals surface area (Å²) in [5.41, 5.74) is 3.10. The molecule has 0 aliphatic rings. The van der Waals surface area contributed by atoms with E-state index in [2.05, 4.69) is 62.6 Å². The summed E-state index contributed by atoms with van der Waals surface area (Å²) in [4.78, 5) is 43.8. The van der Waals surface area contributed by atoms with Crippen molar-refractivity contribution in [2.45, 2.75) is 52.4 Å². The van der Waals surface area contributed by atoms with E-state index in [0.29, 0.717) is 34.2 Å². The summed E-state index contributed by atoms with van der Waals surface area (Å²) in [6.07, 6.45) is 4.83. The fourth-order valence-electron chi connectivity index (χ4n) is 4.42. The van der Waals surface area contributed by atoms with Crippen molar-refractivity contribution in [3.05, 3.63) is 87.2 Å².